The average molecular weight is 328 g/mol. The third kappa shape index (κ3) is 2.89. The number of rotatable bonds is 3. The van der Waals surface area contributed by atoms with Crippen LogP contribution in [0.2, 0.25) is 0 Å². The molecule has 0 radical (unpaired) electrons. The molecule has 1 aliphatic rings. The first-order valence-electron chi connectivity index (χ1n) is 8.50. The summed E-state index contributed by atoms with van der Waals surface area (Å²) in [5.74, 6) is 0. The fraction of sp³-hybridized carbons (Fsp3) is 0.136. The second kappa shape index (κ2) is 6.44. The molecule has 124 valence electrons. The van der Waals surface area contributed by atoms with Gasteiger partial charge in [0.25, 0.3) is 6.17 Å². The Morgan fingerprint density at radius 1 is 0.840 bits per heavy atom. The number of hydroxylamine groups is 1. The highest BCUT2D eigenvalue weighted by Gasteiger charge is 2.38. The van der Waals surface area contributed by atoms with Gasteiger partial charge in [-0.1, -0.05) is 66.2 Å². The summed E-state index contributed by atoms with van der Waals surface area (Å²) in [5.41, 5.74) is 5.06. The summed E-state index contributed by atoms with van der Waals surface area (Å²) in [6.07, 6.45) is -0.348. The third-order valence-corrected chi connectivity index (χ3v) is 4.67. The van der Waals surface area contributed by atoms with Crippen LogP contribution in [0.15, 0.2) is 84.9 Å². The molecule has 0 spiro atoms. The first-order chi connectivity index (χ1) is 12.2. The quantitative estimate of drug-likeness (QED) is 0.523. The second-order valence-electron chi connectivity index (χ2n) is 6.39. The van der Waals surface area contributed by atoms with Gasteiger partial charge in [0, 0.05) is 16.8 Å². The number of benzene rings is 3. The van der Waals surface area contributed by atoms with E-state index >= 15 is 0 Å². The zero-order chi connectivity index (χ0) is 17.2. The topological polar surface area (TPSA) is 29.3 Å². The van der Waals surface area contributed by atoms with Crippen molar-refractivity contribution in [2.75, 3.05) is 11.4 Å². The molecule has 0 bridgehead atoms. The van der Waals surface area contributed by atoms with Crippen LogP contribution < -0.4 is 4.90 Å². The molecule has 0 saturated heterocycles. The predicted octanol–water partition coefficient (Wildman–Crippen LogP) is 4.51. The molecular formula is C22H20N2O. The lowest BCUT2D eigenvalue weighted by molar-refractivity contribution is -0.497. The van der Waals surface area contributed by atoms with E-state index in [4.69, 9.17) is 0 Å². The van der Waals surface area contributed by atoms with E-state index in [1.165, 1.54) is 5.56 Å². The predicted molar refractivity (Wildman–Crippen MR) is 102 cm³/mol. The van der Waals surface area contributed by atoms with Crippen molar-refractivity contribution < 1.29 is 4.74 Å². The summed E-state index contributed by atoms with van der Waals surface area (Å²) in [6.45, 7) is 2.67. The van der Waals surface area contributed by atoms with E-state index in [0.717, 1.165) is 27.3 Å². The van der Waals surface area contributed by atoms with E-state index in [1.54, 1.807) is 0 Å². The molecular weight excluding hydrogens is 308 g/mol. The summed E-state index contributed by atoms with van der Waals surface area (Å²) in [6, 6.07) is 28.3. The van der Waals surface area contributed by atoms with Crippen molar-refractivity contribution in [1.29, 1.82) is 0 Å². The highest BCUT2D eigenvalue weighted by atomic mass is 16.5. The molecule has 25 heavy (non-hydrogen) atoms. The highest BCUT2D eigenvalue weighted by molar-refractivity contribution is 6.01. The van der Waals surface area contributed by atoms with Gasteiger partial charge in [0.05, 0.1) is 0 Å². The SMILES string of the molecule is Cc1ccc(N2CC(c3ccccc3)=[N+]([O-])[C@@H]2c2ccccc2)cc1. The molecule has 0 unspecified atom stereocenters. The van der Waals surface area contributed by atoms with E-state index in [-0.39, 0.29) is 6.17 Å². The maximum atomic E-state index is 13.2. The second-order valence-corrected chi connectivity index (χ2v) is 6.39. The molecule has 3 aromatic carbocycles. The Balaban J connectivity index is 1.81. The fourth-order valence-electron chi connectivity index (χ4n) is 3.35. The lowest BCUT2D eigenvalue weighted by Crippen LogP contribution is -2.28. The molecule has 1 aliphatic heterocycles. The Labute approximate surface area is 148 Å². The van der Waals surface area contributed by atoms with Crippen molar-refractivity contribution in [1.82, 2.24) is 0 Å². The molecule has 3 aromatic rings. The van der Waals surface area contributed by atoms with E-state index in [9.17, 15) is 5.21 Å². The third-order valence-electron chi connectivity index (χ3n) is 4.67. The Kier molecular flexibility index (Phi) is 3.98. The van der Waals surface area contributed by atoms with Gasteiger partial charge in [0.1, 0.15) is 6.54 Å². The molecule has 0 aromatic heterocycles. The van der Waals surface area contributed by atoms with Crippen LogP contribution in [0.5, 0.6) is 0 Å². The van der Waals surface area contributed by atoms with Crippen LogP contribution in [0.25, 0.3) is 0 Å². The normalized spacial score (nSPS) is 17.2. The highest BCUT2D eigenvalue weighted by Crippen LogP contribution is 2.33. The summed E-state index contributed by atoms with van der Waals surface area (Å²) < 4.78 is 1.16. The van der Waals surface area contributed by atoms with E-state index in [2.05, 4.69) is 36.1 Å². The molecule has 0 amide bonds. The summed E-state index contributed by atoms with van der Waals surface area (Å²) >= 11 is 0. The van der Waals surface area contributed by atoms with Crippen molar-refractivity contribution in [2.45, 2.75) is 13.1 Å². The zero-order valence-corrected chi connectivity index (χ0v) is 14.2. The number of aryl methyl sites for hydroxylation is 1. The van der Waals surface area contributed by atoms with Crippen molar-refractivity contribution in [2.24, 2.45) is 0 Å². The molecule has 3 nitrogen and oxygen atoms in total. The molecule has 1 heterocycles. The monoisotopic (exact) mass is 328 g/mol. The molecule has 0 N–H and O–H groups in total. The maximum absolute atomic E-state index is 13.2. The van der Waals surface area contributed by atoms with Gasteiger partial charge in [-0.2, -0.15) is 4.74 Å². The molecule has 4 rings (SSSR count). The van der Waals surface area contributed by atoms with Gasteiger partial charge in [-0.3, -0.25) is 4.90 Å². The number of anilines is 1. The van der Waals surface area contributed by atoms with Gasteiger partial charge in [0.2, 0.25) is 5.71 Å². The number of nitrogens with zero attached hydrogens (tertiary/aromatic N) is 2. The maximum Gasteiger partial charge on any atom is 0.266 e. The van der Waals surface area contributed by atoms with Gasteiger partial charge in [-0.25, -0.2) is 0 Å². The zero-order valence-electron chi connectivity index (χ0n) is 14.2. The summed E-state index contributed by atoms with van der Waals surface area (Å²) in [4.78, 5) is 2.17. The van der Waals surface area contributed by atoms with Crippen LogP contribution in [-0.2, 0) is 0 Å². The molecule has 1 atom stereocenters. The lowest BCUT2D eigenvalue weighted by Gasteiger charge is -2.24. The fourth-order valence-corrected chi connectivity index (χ4v) is 3.35. The summed E-state index contributed by atoms with van der Waals surface area (Å²) in [7, 11) is 0. The first kappa shape index (κ1) is 15.5. The minimum Gasteiger partial charge on any atom is -0.622 e. The van der Waals surface area contributed by atoms with Gasteiger partial charge in [0.15, 0.2) is 0 Å². The van der Waals surface area contributed by atoms with E-state index < -0.39 is 0 Å². The van der Waals surface area contributed by atoms with Crippen LogP contribution in [0.4, 0.5) is 5.69 Å². The van der Waals surface area contributed by atoms with Crippen LogP contribution >= 0.6 is 0 Å². The number of hydrogen-bond acceptors (Lipinski definition) is 2. The van der Waals surface area contributed by atoms with Crippen molar-refractivity contribution >= 4 is 11.4 Å². The Morgan fingerprint density at radius 3 is 2.08 bits per heavy atom. The Bertz CT molecular complexity index is 886. The Hall–Kier alpha value is -3.07. The van der Waals surface area contributed by atoms with Gasteiger partial charge < -0.3 is 5.21 Å². The van der Waals surface area contributed by atoms with Crippen molar-refractivity contribution in [3.05, 3.63) is 107 Å². The van der Waals surface area contributed by atoms with E-state index in [0.29, 0.717) is 6.54 Å². The van der Waals surface area contributed by atoms with Crippen LogP contribution in [0.3, 0.4) is 0 Å². The van der Waals surface area contributed by atoms with Gasteiger partial charge in [-0.05, 0) is 31.2 Å². The number of hydrogen-bond donors (Lipinski definition) is 0. The van der Waals surface area contributed by atoms with Crippen molar-refractivity contribution in [3.8, 4) is 0 Å². The lowest BCUT2D eigenvalue weighted by atomic mass is 10.1. The van der Waals surface area contributed by atoms with Crippen LogP contribution in [-0.4, -0.2) is 17.0 Å². The summed E-state index contributed by atoms with van der Waals surface area (Å²) in [5, 5.41) is 13.2. The van der Waals surface area contributed by atoms with Gasteiger partial charge >= 0.3 is 0 Å². The minimum absolute atomic E-state index is 0.348. The van der Waals surface area contributed by atoms with Crippen LogP contribution in [0, 0.1) is 12.1 Å². The van der Waals surface area contributed by atoms with E-state index in [1.807, 2.05) is 60.7 Å². The van der Waals surface area contributed by atoms with Crippen LogP contribution in [0.1, 0.15) is 22.9 Å². The molecule has 3 heteroatoms. The molecule has 0 aliphatic carbocycles. The first-order valence-corrected chi connectivity index (χ1v) is 8.50. The van der Waals surface area contributed by atoms with Crippen molar-refractivity contribution in [3.63, 3.8) is 0 Å². The molecule has 0 fully saturated rings. The largest absolute Gasteiger partial charge is 0.622 e. The average Bonchev–Trinajstić information content (AvgIpc) is 3.01. The molecule has 0 saturated carbocycles. The minimum atomic E-state index is -0.348. The standard InChI is InChI=1S/C22H20N2O/c1-17-12-14-20(15-13-17)23-16-21(18-8-4-2-5-9-18)24(25)22(23)19-10-6-3-7-11-19/h2-15,22H,16H2,1H3/t22-/m1/s1. The smallest absolute Gasteiger partial charge is 0.266 e. The Morgan fingerprint density at radius 2 is 1.44 bits per heavy atom. The van der Waals surface area contributed by atoms with Gasteiger partial charge in [-0.15, -0.1) is 0 Å².